The number of hydrogen-bond donors (Lipinski definition) is 1. The van der Waals surface area contributed by atoms with Crippen LogP contribution in [0.3, 0.4) is 0 Å². The van der Waals surface area contributed by atoms with Gasteiger partial charge in [0.05, 0.1) is 15.8 Å². The standard InChI is InChI=1S/C19H18BrF3N2O3S/c1-9(2)8-25-17-12(16(27)24(3)18(25)28)13(20)15(29-17)14(26)10-6-4-5-7-11(10)19(21,22)23/h4-7,9,14,26H,8H2,1-3H3. The van der Waals surface area contributed by atoms with E-state index >= 15 is 0 Å². The van der Waals surface area contributed by atoms with Crippen LogP contribution in [0.25, 0.3) is 10.2 Å². The average Bonchev–Trinajstić information content (AvgIpc) is 2.99. The van der Waals surface area contributed by atoms with Gasteiger partial charge in [-0.1, -0.05) is 32.0 Å². The van der Waals surface area contributed by atoms with E-state index in [1.807, 2.05) is 13.8 Å². The lowest BCUT2D eigenvalue weighted by atomic mass is 10.0. The minimum absolute atomic E-state index is 0.0913. The Bertz CT molecular complexity index is 1190. The molecule has 0 aliphatic carbocycles. The summed E-state index contributed by atoms with van der Waals surface area (Å²) in [5.74, 6) is 0.0913. The van der Waals surface area contributed by atoms with Crippen molar-refractivity contribution in [1.29, 1.82) is 0 Å². The van der Waals surface area contributed by atoms with E-state index in [4.69, 9.17) is 0 Å². The van der Waals surface area contributed by atoms with Crippen LogP contribution in [-0.2, 0) is 19.8 Å². The van der Waals surface area contributed by atoms with Gasteiger partial charge in [0.15, 0.2) is 0 Å². The van der Waals surface area contributed by atoms with E-state index < -0.39 is 29.1 Å². The van der Waals surface area contributed by atoms with Crippen LogP contribution < -0.4 is 11.2 Å². The van der Waals surface area contributed by atoms with Crippen molar-refractivity contribution >= 4 is 37.5 Å². The van der Waals surface area contributed by atoms with Crippen molar-refractivity contribution in [1.82, 2.24) is 9.13 Å². The Labute approximate surface area is 176 Å². The van der Waals surface area contributed by atoms with Gasteiger partial charge in [-0.05, 0) is 33.5 Å². The second-order valence-corrected chi connectivity index (χ2v) is 8.92. The van der Waals surface area contributed by atoms with Crippen LogP contribution >= 0.6 is 27.3 Å². The van der Waals surface area contributed by atoms with Gasteiger partial charge in [0.1, 0.15) is 10.9 Å². The highest BCUT2D eigenvalue weighted by Crippen LogP contribution is 2.43. The molecule has 5 nitrogen and oxygen atoms in total. The van der Waals surface area contributed by atoms with Gasteiger partial charge >= 0.3 is 11.9 Å². The third kappa shape index (κ3) is 3.80. The summed E-state index contributed by atoms with van der Waals surface area (Å²) in [5, 5.41) is 11.0. The molecule has 3 aromatic rings. The van der Waals surface area contributed by atoms with Crippen molar-refractivity contribution in [2.45, 2.75) is 32.7 Å². The molecule has 2 aromatic heterocycles. The normalized spacial score (nSPS) is 13.4. The first-order valence-electron chi connectivity index (χ1n) is 8.71. The Morgan fingerprint density at radius 1 is 1.21 bits per heavy atom. The lowest BCUT2D eigenvalue weighted by molar-refractivity contribution is -0.139. The van der Waals surface area contributed by atoms with Gasteiger partial charge in [0.25, 0.3) is 5.56 Å². The first-order valence-corrected chi connectivity index (χ1v) is 10.3. The highest BCUT2D eigenvalue weighted by molar-refractivity contribution is 9.10. The maximum atomic E-state index is 13.4. The fraction of sp³-hybridized carbons (Fsp3) is 0.368. The van der Waals surface area contributed by atoms with Gasteiger partial charge < -0.3 is 5.11 Å². The van der Waals surface area contributed by atoms with E-state index in [2.05, 4.69) is 15.9 Å². The molecule has 10 heteroatoms. The van der Waals surface area contributed by atoms with Crippen LogP contribution in [0.4, 0.5) is 13.2 Å². The molecule has 29 heavy (non-hydrogen) atoms. The van der Waals surface area contributed by atoms with Gasteiger partial charge in [-0.15, -0.1) is 11.3 Å². The van der Waals surface area contributed by atoms with Gasteiger partial charge in [-0.2, -0.15) is 13.2 Å². The molecule has 0 saturated heterocycles. The topological polar surface area (TPSA) is 64.2 Å². The molecular formula is C19H18BrF3N2O3S. The van der Waals surface area contributed by atoms with Gasteiger partial charge in [-0.3, -0.25) is 13.9 Å². The first-order chi connectivity index (χ1) is 13.4. The number of aromatic nitrogens is 2. The van der Waals surface area contributed by atoms with E-state index in [9.17, 15) is 27.9 Å². The lowest BCUT2D eigenvalue weighted by Gasteiger charge is -2.16. The number of thiophene rings is 1. The highest BCUT2D eigenvalue weighted by atomic mass is 79.9. The number of alkyl halides is 3. The Morgan fingerprint density at radius 3 is 2.41 bits per heavy atom. The summed E-state index contributed by atoms with van der Waals surface area (Å²) in [6.07, 6.45) is -6.26. The largest absolute Gasteiger partial charge is 0.416 e. The zero-order chi connectivity index (χ0) is 21.7. The van der Waals surface area contributed by atoms with Crippen LogP contribution in [0.1, 0.15) is 36.0 Å². The van der Waals surface area contributed by atoms with Crippen LogP contribution in [0.15, 0.2) is 38.3 Å². The van der Waals surface area contributed by atoms with Crippen LogP contribution in [0, 0.1) is 5.92 Å². The van der Waals surface area contributed by atoms with Crippen molar-refractivity contribution < 1.29 is 18.3 Å². The Balaban J connectivity index is 2.31. The van der Waals surface area contributed by atoms with E-state index in [1.165, 1.54) is 29.8 Å². The number of hydrogen-bond acceptors (Lipinski definition) is 4. The molecule has 0 radical (unpaired) electrons. The maximum Gasteiger partial charge on any atom is 0.416 e. The minimum atomic E-state index is -4.64. The Morgan fingerprint density at radius 2 is 1.83 bits per heavy atom. The Kier molecular flexibility index (Phi) is 5.81. The van der Waals surface area contributed by atoms with Crippen molar-refractivity contribution in [2.24, 2.45) is 13.0 Å². The number of benzene rings is 1. The summed E-state index contributed by atoms with van der Waals surface area (Å²) in [6.45, 7) is 4.13. The molecule has 0 fully saturated rings. The van der Waals surface area contributed by atoms with E-state index in [-0.39, 0.29) is 26.2 Å². The molecular weight excluding hydrogens is 473 g/mol. The summed E-state index contributed by atoms with van der Waals surface area (Å²) in [7, 11) is 1.35. The predicted molar refractivity (Wildman–Crippen MR) is 109 cm³/mol. The molecule has 0 aliphatic rings. The summed E-state index contributed by atoms with van der Waals surface area (Å²) < 4.78 is 42.7. The quantitative estimate of drug-likeness (QED) is 0.593. The molecule has 1 unspecified atom stereocenters. The number of aliphatic hydroxyl groups is 1. The number of rotatable bonds is 4. The third-order valence-electron chi connectivity index (χ3n) is 4.49. The zero-order valence-electron chi connectivity index (χ0n) is 15.7. The second kappa shape index (κ2) is 7.73. The summed E-state index contributed by atoms with van der Waals surface area (Å²) in [6, 6.07) is 4.74. The molecule has 1 atom stereocenters. The van der Waals surface area contributed by atoms with Gasteiger partial charge in [0, 0.05) is 18.1 Å². The highest BCUT2D eigenvalue weighted by Gasteiger charge is 2.36. The number of fused-ring (bicyclic) bond motifs is 1. The van der Waals surface area contributed by atoms with Crippen molar-refractivity contribution in [3.63, 3.8) is 0 Å². The fourth-order valence-corrected chi connectivity index (χ4v) is 5.29. The number of halogens is 4. The summed E-state index contributed by atoms with van der Waals surface area (Å²) in [4.78, 5) is 25.7. The summed E-state index contributed by atoms with van der Waals surface area (Å²) in [5.41, 5.74) is -2.36. The van der Waals surface area contributed by atoms with Gasteiger partial charge in [-0.25, -0.2) is 4.79 Å². The maximum absolute atomic E-state index is 13.4. The molecule has 3 rings (SSSR count). The molecule has 156 valence electrons. The second-order valence-electron chi connectivity index (χ2n) is 7.10. The first kappa shape index (κ1) is 21.8. The molecule has 0 bridgehead atoms. The Hall–Kier alpha value is -1.91. The molecule has 0 amide bonds. The molecule has 1 N–H and O–H groups in total. The lowest BCUT2D eigenvalue weighted by Crippen LogP contribution is -2.38. The van der Waals surface area contributed by atoms with Gasteiger partial charge in [0.2, 0.25) is 0 Å². The number of nitrogens with zero attached hydrogens (tertiary/aromatic N) is 2. The van der Waals surface area contributed by atoms with Crippen molar-refractivity contribution in [3.05, 3.63) is 65.6 Å². The summed E-state index contributed by atoms with van der Waals surface area (Å²) >= 11 is 4.21. The average molecular weight is 491 g/mol. The monoisotopic (exact) mass is 490 g/mol. The van der Waals surface area contributed by atoms with Crippen molar-refractivity contribution in [3.8, 4) is 0 Å². The smallest absolute Gasteiger partial charge is 0.383 e. The number of aliphatic hydroxyl groups excluding tert-OH is 1. The van der Waals surface area contributed by atoms with Crippen molar-refractivity contribution in [2.75, 3.05) is 0 Å². The fourth-order valence-electron chi connectivity index (χ4n) is 3.15. The zero-order valence-corrected chi connectivity index (χ0v) is 18.2. The van der Waals surface area contributed by atoms with E-state index in [1.54, 1.807) is 0 Å². The van der Waals surface area contributed by atoms with Crippen LogP contribution in [-0.4, -0.2) is 14.2 Å². The van der Waals surface area contributed by atoms with Crippen LogP contribution in [0.5, 0.6) is 0 Å². The molecule has 1 aromatic carbocycles. The van der Waals surface area contributed by atoms with E-state index in [0.29, 0.717) is 11.4 Å². The molecule has 0 spiro atoms. The molecule has 0 aliphatic heterocycles. The SMILES string of the molecule is CC(C)Cn1c(=O)n(C)c(=O)c2c(Br)c(C(O)c3ccccc3C(F)(F)F)sc21. The van der Waals surface area contributed by atoms with E-state index in [0.717, 1.165) is 22.0 Å². The molecule has 2 heterocycles. The third-order valence-corrected chi connectivity index (χ3v) is 6.85. The van der Waals surface area contributed by atoms with Crippen LogP contribution in [0.2, 0.25) is 0 Å². The predicted octanol–water partition coefficient (Wildman–Crippen LogP) is 4.28. The minimum Gasteiger partial charge on any atom is -0.383 e. The molecule has 0 saturated carbocycles.